The maximum absolute atomic E-state index is 14.0. The number of rotatable bonds is 10. The van der Waals surface area contributed by atoms with Gasteiger partial charge in [0.2, 0.25) is 5.91 Å². The molecule has 1 aliphatic carbocycles. The predicted molar refractivity (Wildman–Crippen MR) is 135 cm³/mol. The number of nitrogens with zero attached hydrogens (tertiary/aromatic N) is 2. The molecule has 3 rings (SSSR count). The maximum atomic E-state index is 14.0. The van der Waals surface area contributed by atoms with E-state index in [-0.39, 0.29) is 28.1 Å². The quantitative estimate of drug-likeness (QED) is 0.507. The second-order valence-electron chi connectivity index (χ2n) is 8.49. The van der Waals surface area contributed by atoms with Crippen LogP contribution >= 0.6 is 0 Å². The van der Waals surface area contributed by atoms with Gasteiger partial charge in [0.25, 0.3) is 10.0 Å². The minimum atomic E-state index is -4.29. The van der Waals surface area contributed by atoms with Crippen LogP contribution in [0, 0.1) is 0 Å². The van der Waals surface area contributed by atoms with Gasteiger partial charge in [-0.25, -0.2) is 8.42 Å². The number of benzene rings is 2. The molecule has 2 aromatic carbocycles. The van der Waals surface area contributed by atoms with E-state index < -0.39 is 28.6 Å². The number of carbonyl (C=O) groups excluding carboxylic acids is 1. The van der Waals surface area contributed by atoms with Crippen molar-refractivity contribution in [2.75, 3.05) is 46.3 Å². The van der Waals surface area contributed by atoms with Gasteiger partial charge in [-0.1, -0.05) is 12.8 Å². The van der Waals surface area contributed by atoms with Crippen molar-refractivity contribution in [1.82, 2.24) is 4.90 Å². The van der Waals surface area contributed by atoms with E-state index in [0.717, 1.165) is 17.1 Å². The average Bonchev–Trinajstić information content (AvgIpc) is 2.90. The molecular formula is C25H34N2O8S. The summed E-state index contributed by atoms with van der Waals surface area (Å²) in [5.41, 5.74) is 0.137. The van der Waals surface area contributed by atoms with Crippen molar-refractivity contribution >= 4 is 21.6 Å². The smallest absolute Gasteiger partial charge is 0.265 e. The van der Waals surface area contributed by atoms with Gasteiger partial charge in [0, 0.05) is 19.2 Å². The molecule has 0 spiro atoms. The zero-order chi connectivity index (χ0) is 26.5. The summed E-state index contributed by atoms with van der Waals surface area (Å²) in [6.45, 7) is -0.514. The first-order valence-corrected chi connectivity index (χ1v) is 13.0. The fourth-order valence-corrected chi connectivity index (χ4v) is 5.79. The summed E-state index contributed by atoms with van der Waals surface area (Å²) in [6, 6.07) is 8.53. The number of ether oxygens (including phenoxy) is 4. The third kappa shape index (κ3) is 5.62. The fourth-order valence-electron chi connectivity index (χ4n) is 4.36. The van der Waals surface area contributed by atoms with Crippen LogP contribution in [-0.4, -0.2) is 78.5 Å². The molecule has 0 aliphatic heterocycles. The van der Waals surface area contributed by atoms with Gasteiger partial charge in [-0.3, -0.25) is 9.10 Å². The Labute approximate surface area is 212 Å². The molecule has 0 heterocycles. The predicted octanol–water partition coefficient (Wildman–Crippen LogP) is 2.68. The molecule has 36 heavy (non-hydrogen) atoms. The second-order valence-corrected chi connectivity index (χ2v) is 10.4. The summed E-state index contributed by atoms with van der Waals surface area (Å²) < 4.78 is 50.2. The van der Waals surface area contributed by atoms with E-state index >= 15 is 0 Å². The monoisotopic (exact) mass is 522 g/mol. The molecular weight excluding hydrogens is 488 g/mol. The van der Waals surface area contributed by atoms with Crippen LogP contribution in [0.2, 0.25) is 0 Å². The normalized spacial score (nSPS) is 17.7. The lowest BCUT2D eigenvalue weighted by Crippen LogP contribution is -2.50. The number of aliphatic hydroxyl groups is 1. The Balaban J connectivity index is 2.09. The molecule has 0 radical (unpaired) electrons. The SMILES string of the molecule is COc1ccc(OC)c(N(CC(=O)N(C)C2CCCCC2O)S(=O)(=O)c2ccc(OC)c(OC)c2)c1. The Morgan fingerprint density at radius 3 is 2.17 bits per heavy atom. The molecule has 1 saturated carbocycles. The summed E-state index contributed by atoms with van der Waals surface area (Å²) in [5, 5.41) is 10.4. The number of aliphatic hydroxyl groups excluding tert-OH is 1. The number of amides is 1. The number of anilines is 1. The minimum Gasteiger partial charge on any atom is -0.497 e. The van der Waals surface area contributed by atoms with Crippen LogP contribution in [0.25, 0.3) is 0 Å². The van der Waals surface area contributed by atoms with Gasteiger partial charge in [-0.2, -0.15) is 0 Å². The largest absolute Gasteiger partial charge is 0.497 e. The number of hydrogen-bond donors (Lipinski definition) is 1. The zero-order valence-electron chi connectivity index (χ0n) is 21.3. The molecule has 2 aromatic rings. The molecule has 198 valence electrons. The standard InChI is InChI=1S/C25H34N2O8S/c1-26(19-8-6-7-9-21(19)28)25(29)16-27(20-14-17(32-2)10-12-22(20)33-3)36(30,31)18-11-13-23(34-4)24(15-18)35-5/h10-15,19,21,28H,6-9,16H2,1-5H3. The molecule has 1 aliphatic rings. The molecule has 1 amide bonds. The van der Waals surface area contributed by atoms with Crippen molar-refractivity contribution in [2.24, 2.45) is 0 Å². The molecule has 0 bridgehead atoms. The lowest BCUT2D eigenvalue weighted by atomic mass is 9.91. The highest BCUT2D eigenvalue weighted by atomic mass is 32.2. The first-order chi connectivity index (χ1) is 17.2. The summed E-state index contributed by atoms with van der Waals surface area (Å²) in [5.74, 6) is 0.763. The number of carbonyl (C=O) groups is 1. The summed E-state index contributed by atoms with van der Waals surface area (Å²) >= 11 is 0. The van der Waals surface area contributed by atoms with E-state index in [1.54, 1.807) is 19.2 Å². The van der Waals surface area contributed by atoms with Gasteiger partial charge >= 0.3 is 0 Å². The van der Waals surface area contributed by atoms with Crippen LogP contribution in [0.5, 0.6) is 23.0 Å². The molecule has 1 fully saturated rings. The van der Waals surface area contributed by atoms with Crippen molar-refractivity contribution in [3.8, 4) is 23.0 Å². The Bertz CT molecular complexity index is 1170. The van der Waals surface area contributed by atoms with Crippen molar-refractivity contribution in [1.29, 1.82) is 0 Å². The first-order valence-electron chi connectivity index (χ1n) is 11.6. The van der Waals surface area contributed by atoms with Crippen LogP contribution in [0.15, 0.2) is 41.3 Å². The van der Waals surface area contributed by atoms with Crippen molar-refractivity contribution in [3.63, 3.8) is 0 Å². The van der Waals surface area contributed by atoms with Gasteiger partial charge in [0.05, 0.1) is 51.2 Å². The highest BCUT2D eigenvalue weighted by Gasteiger charge is 2.35. The Kier molecular flexibility index (Phi) is 8.91. The summed E-state index contributed by atoms with van der Waals surface area (Å²) in [7, 11) is 3.03. The third-order valence-electron chi connectivity index (χ3n) is 6.46. The van der Waals surface area contributed by atoms with Crippen LogP contribution in [0.4, 0.5) is 5.69 Å². The number of likely N-dealkylation sites (N-methyl/N-ethyl adjacent to an activating group) is 1. The van der Waals surface area contributed by atoms with Gasteiger partial charge in [0.1, 0.15) is 18.0 Å². The van der Waals surface area contributed by atoms with Crippen LogP contribution < -0.4 is 23.3 Å². The summed E-state index contributed by atoms with van der Waals surface area (Å²) in [6.07, 6.45) is 2.36. The van der Waals surface area contributed by atoms with Crippen LogP contribution in [0.1, 0.15) is 25.7 Å². The zero-order valence-corrected chi connectivity index (χ0v) is 22.1. The van der Waals surface area contributed by atoms with Crippen molar-refractivity contribution < 1.29 is 37.3 Å². The molecule has 0 saturated heterocycles. The highest BCUT2D eigenvalue weighted by molar-refractivity contribution is 7.92. The van der Waals surface area contributed by atoms with E-state index in [4.69, 9.17) is 18.9 Å². The topological polar surface area (TPSA) is 115 Å². The number of methoxy groups -OCH3 is 4. The van der Waals surface area contributed by atoms with E-state index in [0.29, 0.717) is 24.3 Å². The lowest BCUT2D eigenvalue weighted by molar-refractivity contribution is -0.133. The van der Waals surface area contributed by atoms with Gasteiger partial charge in [0.15, 0.2) is 11.5 Å². The Hall–Kier alpha value is -3.18. The maximum Gasteiger partial charge on any atom is 0.265 e. The van der Waals surface area contributed by atoms with Gasteiger partial charge in [-0.15, -0.1) is 0 Å². The molecule has 0 aromatic heterocycles. The highest BCUT2D eigenvalue weighted by Crippen LogP contribution is 2.38. The third-order valence-corrected chi connectivity index (χ3v) is 8.22. The van der Waals surface area contributed by atoms with Gasteiger partial charge in [-0.05, 0) is 37.1 Å². The van der Waals surface area contributed by atoms with Crippen LogP contribution in [-0.2, 0) is 14.8 Å². The molecule has 1 N–H and O–H groups in total. The van der Waals surface area contributed by atoms with Crippen LogP contribution in [0.3, 0.4) is 0 Å². The number of hydrogen-bond acceptors (Lipinski definition) is 8. The molecule has 2 unspecified atom stereocenters. The summed E-state index contributed by atoms with van der Waals surface area (Å²) in [4.78, 5) is 14.8. The van der Waals surface area contributed by atoms with Crippen molar-refractivity contribution in [3.05, 3.63) is 36.4 Å². The molecule has 11 heteroatoms. The Morgan fingerprint density at radius 1 is 0.917 bits per heavy atom. The Morgan fingerprint density at radius 2 is 1.56 bits per heavy atom. The van der Waals surface area contributed by atoms with E-state index in [1.165, 1.54) is 57.6 Å². The average molecular weight is 523 g/mol. The second kappa shape index (κ2) is 11.7. The van der Waals surface area contributed by atoms with E-state index in [9.17, 15) is 18.3 Å². The first kappa shape index (κ1) is 27.4. The number of sulfonamides is 1. The fraction of sp³-hybridized carbons (Fsp3) is 0.480. The molecule has 2 atom stereocenters. The molecule has 10 nitrogen and oxygen atoms in total. The van der Waals surface area contributed by atoms with E-state index in [1.807, 2.05) is 0 Å². The lowest BCUT2D eigenvalue weighted by Gasteiger charge is -2.36. The minimum absolute atomic E-state index is 0.0989. The van der Waals surface area contributed by atoms with E-state index in [2.05, 4.69) is 0 Å². The van der Waals surface area contributed by atoms with Gasteiger partial charge < -0.3 is 29.0 Å². The van der Waals surface area contributed by atoms with Crippen molar-refractivity contribution in [2.45, 2.75) is 42.7 Å².